The van der Waals surface area contributed by atoms with E-state index in [1.165, 1.54) is 6.92 Å². The molecule has 0 aliphatic carbocycles. The lowest BCUT2D eigenvalue weighted by molar-refractivity contribution is -0.191. The third-order valence-corrected chi connectivity index (χ3v) is 3.37. The highest BCUT2D eigenvalue weighted by Crippen LogP contribution is 2.29. The predicted molar refractivity (Wildman–Crippen MR) is 71.6 cm³/mol. The van der Waals surface area contributed by atoms with E-state index in [9.17, 15) is 26.4 Å². The average molecular weight is 375 g/mol. The van der Waals surface area contributed by atoms with Crippen LogP contribution < -0.4 is 0 Å². The Hall–Kier alpha value is -2.07. The molecule has 0 unspecified atom stereocenters. The van der Waals surface area contributed by atoms with E-state index in [0.29, 0.717) is 0 Å². The Morgan fingerprint density at radius 2 is 1.75 bits per heavy atom. The van der Waals surface area contributed by atoms with Gasteiger partial charge in [0.1, 0.15) is 11.4 Å². The SMILES string of the molecule is C[C@@H]1C=C(OS(=O)(=O)C(F)(F)F)CN1C(=O)OC(C)(C)C.O=C=O. The summed E-state index contributed by atoms with van der Waals surface area (Å²) in [5.41, 5.74) is -6.30. The van der Waals surface area contributed by atoms with Crippen molar-refractivity contribution in [3.05, 3.63) is 11.8 Å². The van der Waals surface area contributed by atoms with Gasteiger partial charge in [-0.3, -0.25) is 4.90 Å². The molecule has 0 bridgehead atoms. The van der Waals surface area contributed by atoms with Crippen LogP contribution in [0.15, 0.2) is 11.8 Å². The average Bonchev–Trinajstić information content (AvgIpc) is 2.66. The van der Waals surface area contributed by atoms with Gasteiger partial charge in [0, 0.05) is 0 Å². The smallest absolute Gasteiger partial charge is 0.444 e. The molecular formula is C12H16F3NO7S. The molecule has 1 rings (SSSR count). The zero-order valence-corrected chi connectivity index (χ0v) is 14.0. The fraction of sp³-hybridized carbons (Fsp3) is 0.667. The van der Waals surface area contributed by atoms with Crippen LogP contribution in [0.5, 0.6) is 0 Å². The summed E-state index contributed by atoms with van der Waals surface area (Å²) in [5, 5.41) is 0. The van der Waals surface area contributed by atoms with Gasteiger partial charge in [-0.25, -0.2) is 4.79 Å². The van der Waals surface area contributed by atoms with Gasteiger partial charge in [-0.15, -0.1) is 0 Å². The topological polar surface area (TPSA) is 107 Å². The standard InChI is InChI=1S/C11H16F3NO5S.CO2/c1-7-5-8(20-21(17,18)11(12,13)14)6-15(7)9(16)19-10(2,3)4;2-1-3/h5,7H,6H2,1-4H3;/t7-;/m1./s1. The number of alkyl halides is 3. The van der Waals surface area contributed by atoms with Crippen LogP contribution in [-0.4, -0.2) is 49.3 Å². The summed E-state index contributed by atoms with van der Waals surface area (Å²) in [5.74, 6) is -0.467. The van der Waals surface area contributed by atoms with Crippen molar-refractivity contribution in [1.29, 1.82) is 0 Å². The van der Waals surface area contributed by atoms with Gasteiger partial charge in [0.25, 0.3) is 0 Å². The molecule has 0 radical (unpaired) electrons. The van der Waals surface area contributed by atoms with Gasteiger partial charge in [0.05, 0.1) is 12.6 Å². The Balaban J connectivity index is 0.00000163. The fourth-order valence-corrected chi connectivity index (χ4v) is 2.00. The van der Waals surface area contributed by atoms with E-state index in [-0.39, 0.29) is 6.15 Å². The third-order valence-electron chi connectivity index (χ3n) is 2.37. The Morgan fingerprint density at radius 1 is 1.29 bits per heavy atom. The first-order chi connectivity index (χ1) is 10.6. The van der Waals surface area contributed by atoms with Crippen molar-refractivity contribution in [1.82, 2.24) is 4.90 Å². The predicted octanol–water partition coefficient (Wildman–Crippen LogP) is 1.79. The molecule has 0 spiro atoms. The normalized spacial score (nSPS) is 18.0. The minimum atomic E-state index is -5.74. The molecule has 1 atom stereocenters. The lowest BCUT2D eigenvalue weighted by Gasteiger charge is -2.26. The second-order valence-electron chi connectivity index (χ2n) is 5.55. The molecule has 0 N–H and O–H groups in total. The molecule has 0 saturated heterocycles. The van der Waals surface area contributed by atoms with Gasteiger partial charge in [-0.1, -0.05) is 0 Å². The van der Waals surface area contributed by atoms with Crippen molar-refractivity contribution in [3.8, 4) is 0 Å². The molecule has 0 saturated carbocycles. The van der Waals surface area contributed by atoms with Crippen molar-refractivity contribution in [2.24, 2.45) is 0 Å². The molecule has 1 amide bonds. The van der Waals surface area contributed by atoms with Crippen molar-refractivity contribution >= 4 is 22.4 Å². The van der Waals surface area contributed by atoms with Crippen LogP contribution >= 0.6 is 0 Å². The maximum absolute atomic E-state index is 12.2. The quantitative estimate of drug-likeness (QED) is 0.535. The molecule has 8 nitrogen and oxygen atoms in total. The van der Waals surface area contributed by atoms with Crippen LogP contribution in [0.1, 0.15) is 27.7 Å². The van der Waals surface area contributed by atoms with E-state index in [0.717, 1.165) is 11.0 Å². The van der Waals surface area contributed by atoms with Crippen LogP contribution in [0.25, 0.3) is 0 Å². The second-order valence-corrected chi connectivity index (χ2v) is 7.09. The van der Waals surface area contributed by atoms with E-state index < -0.39 is 45.7 Å². The summed E-state index contributed by atoms with van der Waals surface area (Å²) in [4.78, 5) is 29.1. The Morgan fingerprint density at radius 3 is 2.12 bits per heavy atom. The number of carbonyl (C=O) groups is 1. The molecule has 1 heterocycles. The van der Waals surface area contributed by atoms with Gasteiger partial charge < -0.3 is 8.92 Å². The van der Waals surface area contributed by atoms with Crippen LogP contribution in [0.2, 0.25) is 0 Å². The van der Waals surface area contributed by atoms with E-state index >= 15 is 0 Å². The molecule has 24 heavy (non-hydrogen) atoms. The molecule has 12 heteroatoms. The highest BCUT2D eigenvalue weighted by Gasteiger charge is 2.49. The largest absolute Gasteiger partial charge is 0.534 e. The van der Waals surface area contributed by atoms with Gasteiger partial charge >= 0.3 is 27.9 Å². The lowest BCUT2D eigenvalue weighted by atomic mass is 10.2. The van der Waals surface area contributed by atoms with Crippen molar-refractivity contribution in [3.63, 3.8) is 0 Å². The first kappa shape index (κ1) is 21.9. The van der Waals surface area contributed by atoms with E-state index in [4.69, 9.17) is 14.3 Å². The summed E-state index contributed by atoms with van der Waals surface area (Å²) in [6.45, 7) is 5.98. The van der Waals surface area contributed by atoms with Crippen molar-refractivity contribution in [2.45, 2.75) is 44.8 Å². The molecule has 1 aliphatic rings. The fourth-order valence-electron chi connectivity index (χ4n) is 1.52. The first-order valence-corrected chi connectivity index (χ1v) is 7.76. The minimum Gasteiger partial charge on any atom is -0.444 e. The zero-order valence-electron chi connectivity index (χ0n) is 13.2. The van der Waals surface area contributed by atoms with E-state index in [2.05, 4.69) is 4.18 Å². The van der Waals surface area contributed by atoms with Gasteiger partial charge in [-0.05, 0) is 33.8 Å². The highest BCUT2D eigenvalue weighted by atomic mass is 32.2. The van der Waals surface area contributed by atoms with Crippen LogP contribution in [0.3, 0.4) is 0 Å². The summed E-state index contributed by atoms with van der Waals surface area (Å²) in [6.07, 6.45) is 0.599. The minimum absolute atomic E-state index is 0.250. The van der Waals surface area contributed by atoms with Crippen molar-refractivity contribution in [2.75, 3.05) is 6.54 Å². The number of nitrogens with zero attached hydrogens (tertiary/aromatic N) is 1. The van der Waals surface area contributed by atoms with Gasteiger partial charge in [-0.2, -0.15) is 31.2 Å². The Labute approximate surface area is 136 Å². The zero-order chi connectivity index (χ0) is 19.3. The molecule has 0 aromatic carbocycles. The first-order valence-electron chi connectivity index (χ1n) is 6.35. The molecule has 0 aromatic heterocycles. The second kappa shape index (κ2) is 7.67. The molecular weight excluding hydrogens is 359 g/mol. The summed E-state index contributed by atoms with van der Waals surface area (Å²) in [6, 6.07) is -0.640. The molecule has 0 fully saturated rings. The summed E-state index contributed by atoms with van der Waals surface area (Å²) >= 11 is 0. The van der Waals surface area contributed by atoms with Crippen molar-refractivity contribution < 1.29 is 44.9 Å². The molecule has 0 aromatic rings. The van der Waals surface area contributed by atoms with Gasteiger partial charge in [0.2, 0.25) is 0 Å². The Kier molecular flexibility index (Phi) is 7.01. The number of rotatable bonds is 2. The summed E-state index contributed by atoms with van der Waals surface area (Å²) < 4.78 is 67.5. The molecule has 138 valence electrons. The maximum Gasteiger partial charge on any atom is 0.534 e. The monoisotopic (exact) mass is 375 g/mol. The van der Waals surface area contributed by atoms with Gasteiger partial charge in [0.15, 0.2) is 0 Å². The number of ether oxygens (including phenoxy) is 1. The van der Waals surface area contributed by atoms with Crippen LogP contribution in [0, 0.1) is 0 Å². The number of hydrogen-bond acceptors (Lipinski definition) is 7. The maximum atomic E-state index is 12.2. The Bertz CT molecular complexity index is 628. The molecule has 1 aliphatic heterocycles. The summed E-state index contributed by atoms with van der Waals surface area (Å²) in [7, 11) is -5.74. The van der Waals surface area contributed by atoms with Crippen LogP contribution in [0.4, 0.5) is 18.0 Å². The van der Waals surface area contributed by atoms with E-state index in [1.807, 2.05) is 0 Å². The number of hydrogen-bond donors (Lipinski definition) is 0. The number of amides is 1. The number of carbonyl (C=O) groups excluding carboxylic acids is 3. The van der Waals surface area contributed by atoms with E-state index in [1.54, 1.807) is 20.8 Å². The highest BCUT2D eigenvalue weighted by molar-refractivity contribution is 7.87. The lowest BCUT2D eigenvalue weighted by Crippen LogP contribution is -2.39. The number of halogens is 3. The third kappa shape index (κ3) is 6.59. The van der Waals surface area contributed by atoms with Crippen LogP contribution in [-0.2, 0) is 28.6 Å².